The van der Waals surface area contributed by atoms with Gasteiger partial charge in [0.25, 0.3) is 0 Å². The fraction of sp³-hybridized carbons (Fsp3) is 0.321. The lowest BCUT2D eigenvalue weighted by atomic mass is 10.2. The highest BCUT2D eigenvalue weighted by Crippen LogP contribution is 2.38. The van der Waals surface area contributed by atoms with Gasteiger partial charge in [0.15, 0.2) is 17.3 Å². The number of methoxy groups -OCH3 is 3. The number of fused-ring (bicyclic) bond motifs is 1. The molecule has 9 nitrogen and oxygen atoms in total. The molecule has 40 heavy (non-hydrogen) atoms. The summed E-state index contributed by atoms with van der Waals surface area (Å²) in [5.41, 5.74) is 2.15. The van der Waals surface area contributed by atoms with E-state index in [0.717, 1.165) is 11.1 Å². The Morgan fingerprint density at radius 2 is 1.55 bits per heavy atom. The molecule has 0 unspecified atom stereocenters. The molecule has 12 heteroatoms. The minimum absolute atomic E-state index is 0.0181. The third kappa shape index (κ3) is 5.95. The fourth-order valence-electron chi connectivity index (χ4n) is 4.52. The highest BCUT2D eigenvalue weighted by atomic mass is 35.5. The van der Waals surface area contributed by atoms with Crippen LogP contribution in [0.2, 0.25) is 10.0 Å². The number of anilines is 1. The molecule has 4 aromatic rings. The van der Waals surface area contributed by atoms with Gasteiger partial charge in [-0.2, -0.15) is 5.10 Å². The second kappa shape index (κ2) is 12.6. The molecule has 0 radical (unpaired) electrons. The molecule has 1 heterocycles. The number of nitrogens with one attached hydrogen (secondary N) is 1. The summed E-state index contributed by atoms with van der Waals surface area (Å²) in [6.45, 7) is 5.81. The zero-order valence-corrected chi connectivity index (χ0v) is 25.3. The van der Waals surface area contributed by atoms with Crippen LogP contribution < -0.4 is 23.8 Å². The molecule has 3 aromatic carbocycles. The number of halogens is 2. The number of ether oxygens (including phenoxy) is 3. The Labute approximate surface area is 244 Å². The molecule has 0 atom stereocenters. The minimum atomic E-state index is -3.88. The first-order valence-corrected chi connectivity index (χ1v) is 14.9. The summed E-state index contributed by atoms with van der Waals surface area (Å²) in [6.07, 6.45) is 0. The Bertz CT molecular complexity index is 1580. The topological polar surface area (TPSA) is 94.9 Å². The van der Waals surface area contributed by atoms with Crippen molar-refractivity contribution < 1.29 is 22.6 Å². The number of nitrogens with zero attached hydrogens (tertiary/aromatic N) is 3. The normalized spacial score (nSPS) is 11.6. The van der Waals surface area contributed by atoms with Crippen molar-refractivity contribution in [3.8, 4) is 17.2 Å². The second-order valence-corrected chi connectivity index (χ2v) is 11.5. The summed E-state index contributed by atoms with van der Waals surface area (Å²) in [7, 11) is 0.642. The van der Waals surface area contributed by atoms with E-state index in [2.05, 4.69) is 9.62 Å². The van der Waals surface area contributed by atoms with Crippen molar-refractivity contribution in [2.45, 2.75) is 31.8 Å². The van der Waals surface area contributed by atoms with Crippen molar-refractivity contribution >= 4 is 49.9 Å². The van der Waals surface area contributed by atoms with E-state index in [1.165, 1.54) is 21.3 Å². The molecular formula is C28H32Cl2N4O5S. The average Bonchev–Trinajstić information content (AvgIpc) is 3.31. The predicted octanol–water partition coefficient (Wildman–Crippen LogP) is 5.74. The third-order valence-corrected chi connectivity index (χ3v) is 8.74. The molecule has 1 N–H and O–H groups in total. The van der Waals surface area contributed by atoms with Crippen molar-refractivity contribution in [1.29, 1.82) is 0 Å². The van der Waals surface area contributed by atoms with Crippen molar-refractivity contribution in [3.05, 3.63) is 69.7 Å². The van der Waals surface area contributed by atoms with E-state index in [4.69, 9.17) is 42.5 Å². The highest BCUT2D eigenvalue weighted by Gasteiger charge is 2.22. The van der Waals surface area contributed by atoms with E-state index < -0.39 is 10.0 Å². The Morgan fingerprint density at radius 1 is 0.925 bits per heavy atom. The lowest BCUT2D eigenvalue weighted by molar-refractivity contribution is 0.323. The highest BCUT2D eigenvalue weighted by molar-refractivity contribution is 7.89. The van der Waals surface area contributed by atoms with Gasteiger partial charge in [0.2, 0.25) is 15.8 Å². The second-order valence-electron chi connectivity index (χ2n) is 8.89. The van der Waals surface area contributed by atoms with Crippen LogP contribution >= 0.6 is 23.2 Å². The van der Waals surface area contributed by atoms with Gasteiger partial charge in [0.05, 0.1) is 38.3 Å². The van der Waals surface area contributed by atoms with Crippen LogP contribution in [-0.4, -0.2) is 52.6 Å². The maximum atomic E-state index is 13.4. The zero-order valence-electron chi connectivity index (χ0n) is 23.0. The van der Waals surface area contributed by atoms with Crippen LogP contribution in [0.4, 0.5) is 5.82 Å². The molecule has 0 spiro atoms. The van der Waals surface area contributed by atoms with Gasteiger partial charge in [-0.25, -0.2) is 13.1 Å². The molecule has 0 aliphatic rings. The van der Waals surface area contributed by atoms with E-state index in [9.17, 15) is 8.42 Å². The van der Waals surface area contributed by atoms with Crippen molar-refractivity contribution in [2.24, 2.45) is 0 Å². The van der Waals surface area contributed by atoms with Gasteiger partial charge in [-0.1, -0.05) is 29.3 Å². The Balaban J connectivity index is 1.71. The number of hydrogen-bond donors (Lipinski definition) is 1. The molecule has 0 amide bonds. The fourth-order valence-corrected chi connectivity index (χ4v) is 6.08. The molecule has 0 fully saturated rings. The van der Waals surface area contributed by atoms with Crippen LogP contribution in [-0.2, 0) is 23.1 Å². The first kappa shape index (κ1) is 29.8. The summed E-state index contributed by atoms with van der Waals surface area (Å²) in [6, 6.07) is 13.7. The van der Waals surface area contributed by atoms with Crippen molar-refractivity contribution in [1.82, 2.24) is 14.5 Å². The first-order chi connectivity index (χ1) is 19.2. The van der Waals surface area contributed by atoms with E-state index in [1.54, 1.807) is 53.2 Å². The van der Waals surface area contributed by atoms with E-state index >= 15 is 0 Å². The van der Waals surface area contributed by atoms with E-state index in [-0.39, 0.29) is 11.4 Å². The van der Waals surface area contributed by atoms with Crippen LogP contribution in [0.5, 0.6) is 17.2 Å². The van der Waals surface area contributed by atoms with Crippen LogP contribution in [0.1, 0.15) is 25.0 Å². The summed E-state index contributed by atoms with van der Waals surface area (Å²) in [5, 5.41) is 6.64. The number of aromatic nitrogens is 2. The van der Waals surface area contributed by atoms with Crippen LogP contribution in [0.3, 0.4) is 0 Å². The van der Waals surface area contributed by atoms with Gasteiger partial charge < -0.3 is 19.1 Å². The minimum Gasteiger partial charge on any atom is -0.493 e. The van der Waals surface area contributed by atoms with Gasteiger partial charge in [0.1, 0.15) is 0 Å². The summed E-state index contributed by atoms with van der Waals surface area (Å²) in [4.78, 5) is 2.20. The summed E-state index contributed by atoms with van der Waals surface area (Å²) < 4.78 is 47.4. The van der Waals surface area contributed by atoms with Gasteiger partial charge in [0, 0.05) is 40.6 Å². The number of benzene rings is 3. The van der Waals surface area contributed by atoms with Crippen LogP contribution in [0.15, 0.2) is 53.4 Å². The van der Waals surface area contributed by atoms with Gasteiger partial charge in [-0.3, -0.25) is 4.68 Å². The Kier molecular flexibility index (Phi) is 9.35. The van der Waals surface area contributed by atoms with Gasteiger partial charge >= 0.3 is 0 Å². The zero-order chi connectivity index (χ0) is 29.0. The van der Waals surface area contributed by atoms with Crippen LogP contribution in [0.25, 0.3) is 10.9 Å². The van der Waals surface area contributed by atoms with Crippen molar-refractivity contribution in [2.75, 3.05) is 39.3 Å². The average molecular weight is 608 g/mol. The maximum absolute atomic E-state index is 13.4. The van der Waals surface area contributed by atoms with E-state index in [1.807, 2.05) is 13.8 Å². The van der Waals surface area contributed by atoms with Gasteiger partial charge in [-0.15, -0.1) is 0 Å². The van der Waals surface area contributed by atoms with Crippen LogP contribution in [0, 0.1) is 0 Å². The van der Waals surface area contributed by atoms with Gasteiger partial charge in [-0.05, 0) is 61.9 Å². The molecule has 0 saturated carbocycles. The number of hydrogen-bond acceptors (Lipinski definition) is 7. The summed E-state index contributed by atoms with van der Waals surface area (Å²) in [5.74, 6) is 1.99. The standard InChI is InChI=1S/C28H32Cl2N4O5S/c1-6-33(7-2)28-20-15-19(11-12-24(20)34(32-28)17-21-22(29)9-8-10-23(21)30)40(35,36)31-16-18-13-25(37-3)27(39-5)26(14-18)38-4/h8-15,31H,6-7,16-17H2,1-5H3. The first-order valence-electron chi connectivity index (χ1n) is 12.6. The maximum Gasteiger partial charge on any atom is 0.240 e. The molecule has 1 aromatic heterocycles. The Morgan fingerprint density at radius 3 is 2.10 bits per heavy atom. The summed E-state index contributed by atoms with van der Waals surface area (Å²) >= 11 is 12.9. The molecule has 0 saturated heterocycles. The molecular weight excluding hydrogens is 575 g/mol. The molecule has 4 rings (SSSR count). The lowest BCUT2D eigenvalue weighted by Gasteiger charge is -2.18. The smallest absolute Gasteiger partial charge is 0.240 e. The van der Waals surface area contributed by atoms with E-state index in [0.29, 0.717) is 63.7 Å². The predicted molar refractivity (Wildman–Crippen MR) is 159 cm³/mol. The quantitative estimate of drug-likeness (QED) is 0.220. The molecule has 0 bridgehead atoms. The molecule has 214 valence electrons. The number of sulfonamides is 1. The molecule has 0 aliphatic carbocycles. The SMILES string of the molecule is CCN(CC)c1nn(Cc2c(Cl)cccc2Cl)c2ccc(S(=O)(=O)NCc3cc(OC)c(OC)c(OC)c3)cc12. The lowest BCUT2D eigenvalue weighted by Crippen LogP contribution is -2.24. The third-order valence-electron chi connectivity index (χ3n) is 6.64. The monoisotopic (exact) mass is 606 g/mol. The number of rotatable bonds is 12. The Hall–Kier alpha value is -3.18. The molecule has 0 aliphatic heterocycles. The largest absolute Gasteiger partial charge is 0.493 e. The van der Waals surface area contributed by atoms with Crippen molar-refractivity contribution in [3.63, 3.8) is 0 Å².